The third kappa shape index (κ3) is 4.43. The van der Waals surface area contributed by atoms with Crippen LogP contribution in [-0.4, -0.2) is 49.8 Å². The number of amides is 1. The Hall–Kier alpha value is -1.62. The van der Waals surface area contributed by atoms with E-state index in [4.69, 9.17) is 5.14 Å². The minimum absolute atomic E-state index is 0.118. The van der Waals surface area contributed by atoms with Crippen LogP contribution in [0.5, 0.6) is 0 Å². The minimum atomic E-state index is -5.02. The van der Waals surface area contributed by atoms with Crippen molar-refractivity contribution in [1.82, 2.24) is 4.90 Å². The number of halogens is 3. The molecular weight excluding hydrogens is 317 g/mol. The Labute approximate surface area is 118 Å². The van der Waals surface area contributed by atoms with E-state index < -0.39 is 52.0 Å². The van der Waals surface area contributed by atoms with Crippen molar-refractivity contribution in [3.8, 4) is 0 Å². The number of nitrogens with zero attached hydrogens (tertiary/aromatic N) is 1. The molecular formula is C10H13F3N2O5S. The Balaban J connectivity index is 3.12. The van der Waals surface area contributed by atoms with Crippen LogP contribution in [0.3, 0.4) is 0 Å². The van der Waals surface area contributed by atoms with Gasteiger partial charge in [0, 0.05) is 13.0 Å². The number of primary sulfonamides is 1. The number of hydrogen-bond acceptors (Lipinski definition) is 5. The smallest absolute Gasteiger partial charge is 0.431 e. The SMILES string of the molecule is CCOC(=O)C=C(N1CC(S(N)(=O)=O)CC1=O)C(F)(F)F. The zero-order valence-corrected chi connectivity index (χ0v) is 11.7. The monoisotopic (exact) mass is 330 g/mol. The highest BCUT2D eigenvalue weighted by Gasteiger charge is 2.46. The molecule has 1 atom stereocenters. The largest absolute Gasteiger partial charge is 0.463 e. The summed E-state index contributed by atoms with van der Waals surface area (Å²) in [6, 6.07) is 0. The maximum atomic E-state index is 12.9. The number of allylic oxidation sites excluding steroid dienone is 1. The molecule has 1 saturated heterocycles. The van der Waals surface area contributed by atoms with Gasteiger partial charge in [-0.1, -0.05) is 0 Å². The Morgan fingerprint density at radius 1 is 1.52 bits per heavy atom. The molecule has 1 heterocycles. The summed E-state index contributed by atoms with van der Waals surface area (Å²) in [5.74, 6) is -2.36. The molecule has 11 heteroatoms. The Morgan fingerprint density at radius 3 is 2.48 bits per heavy atom. The van der Waals surface area contributed by atoms with Crippen LogP contribution in [0.25, 0.3) is 0 Å². The third-order valence-electron chi connectivity index (χ3n) is 2.68. The number of carbonyl (C=O) groups is 2. The van der Waals surface area contributed by atoms with Crippen LogP contribution in [-0.2, 0) is 24.3 Å². The quantitative estimate of drug-likeness (QED) is 0.571. The molecule has 0 aliphatic carbocycles. The lowest BCUT2D eigenvalue weighted by Crippen LogP contribution is -2.36. The second kappa shape index (κ2) is 6.02. The molecule has 120 valence electrons. The van der Waals surface area contributed by atoms with Gasteiger partial charge in [-0.25, -0.2) is 18.4 Å². The fourth-order valence-corrected chi connectivity index (χ4v) is 2.47. The molecule has 0 bridgehead atoms. The van der Waals surface area contributed by atoms with Gasteiger partial charge in [0.2, 0.25) is 15.9 Å². The van der Waals surface area contributed by atoms with Crippen molar-refractivity contribution in [2.45, 2.75) is 24.8 Å². The van der Waals surface area contributed by atoms with Crippen molar-refractivity contribution >= 4 is 21.9 Å². The zero-order valence-electron chi connectivity index (χ0n) is 10.9. The average molecular weight is 330 g/mol. The number of nitrogens with two attached hydrogens (primary N) is 1. The maximum absolute atomic E-state index is 12.9. The molecule has 1 rings (SSSR count). The maximum Gasteiger partial charge on any atom is 0.431 e. The van der Waals surface area contributed by atoms with Gasteiger partial charge in [0.05, 0.1) is 12.7 Å². The summed E-state index contributed by atoms with van der Waals surface area (Å²) in [5, 5.41) is 3.38. The summed E-state index contributed by atoms with van der Waals surface area (Å²) >= 11 is 0. The molecule has 0 aromatic heterocycles. The summed E-state index contributed by atoms with van der Waals surface area (Å²) in [7, 11) is -4.16. The van der Waals surface area contributed by atoms with Gasteiger partial charge < -0.3 is 9.64 Å². The first kappa shape index (κ1) is 17.4. The van der Waals surface area contributed by atoms with Crippen molar-refractivity contribution in [2.24, 2.45) is 5.14 Å². The van der Waals surface area contributed by atoms with Gasteiger partial charge in [-0.05, 0) is 6.92 Å². The minimum Gasteiger partial charge on any atom is -0.463 e. The third-order valence-corrected chi connectivity index (χ3v) is 3.92. The second-order valence-electron chi connectivity index (χ2n) is 4.20. The van der Waals surface area contributed by atoms with Crippen LogP contribution >= 0.6 is 0 Å². The van der Waals surface area contributed by atoms with Crippen LogP contribution < -0.4 is 5.14 Å². The first-order valence-corrected chi connectivity index (χ1v) is 7.35. The normalized spacial score (nSPS) is 20.8. The highest BCUT2D eigenvalue weighted by molar-refractivity contribution is 7.89. The van der Waals surface area contributed by atoms with E-state index in [0.717, 1.165) is 0 Å². The average Bonchev–Trinajstić information content (AvgIpc) is 2.66. The zero-order chi connectivity index (χ0) is 16.4. The van der Waals surface area contributed by atoms with E-state index in [-0.39, 0.29) is 17.6 Å². The lowest BCUT2D eigenvalue weighted by molar-refractivity contribution is -0.142. The number of hydrogen-bond donors (Lipinski definition) is 1. The van der Waals surface area contributed by atoms with Gasteiger partial charge in [-0.15, -0.1) is 0 Å². The van der Waals surface area contributed by atoms with Crippen LogP contribution in [0.4, 0.5) is 13.2 Å². The second-order valence-corrected chi connectivity index (χ2v) is 6.04. The van der Waals surface area contributed by atoms with Crippen molar-refractivity contribution in [2.75, 3.05) is 13.2 Å². The summed E-state index contributed by atoms with van der Waals surface area (Å²) in [6.07, 6.45) is -5.57. The Morgan fingerprint density at radius 2 is 2.10 bits per heavy atom. The van der Waals surface area contributed by atoms with Crippen molar-refractivity contribution in [3.05, 3.63) is 11.8 Å². The fraction of sp³-hybridized carbons (Fsp3) is 0.600. The first-order valence-electron chi connectivity index (χ1n) is 5.74. The number of alkyl halides is 3. The molecule has 21 heavy (non-hydrogen) atoms. The standard InChI is InChI=1S/C10H13F3N2O5S/c1-2-20-9(17)4-7(10(11,12)13)15-5-6(3-8(15)16)21(14,18)19/h4,6H,2-3,5H2,1H3,(H2,14,18,19). The molecule has 1 aliphatic heterocycles. The summed E-state index contributed by atoms with van der Waals surface area (Å²) in [6.45, 7) is 0.494. The number of likely N-dealkylation sites (tertiary alicyclic amines) is 1. The highest BCUT2D eigenvalue weighted by atomic mass is 32.2. The summed E-state index contributed by atoms with van der Waals surface area (Å²) in [5.41, 5.74) is -1.57. The molecule has 0 saturated carbocycles. The van der Waals surface area contributed by atoms with Crippen molar-refractivity contribution in [1.29, 1.82) is 0 Å². The molecule has 0 radical (unpaired) electrons. The van der Waals surface area contributed by atoms with Crippen LogP contribution in [0.1, 0.15) is 13.3 Å². The number of esters is 1. The Bertz CT molecular complexity index is 570. The molecule has 1 amide bonds. The van der Waals surface area contributed by atoms with Gasteiger partial charge in [0.15, 0.2) is 0 Å². The van der Waals surface area contributed by atoms with Crippen LogP contribution in [0.2, 0.25) is 0 Å². The van der Waals surface area contributed by atoms with E-state index in [2.05, 4.69) is 4.74 Å². The summed E-state index contributed by atoms with van der Waals surface area (Å²) < 4.78 is 65.4. The number of ether oxygens (including phenoxy) is 1. The van der Waals surface area contributed by atoms with Crippen LogP contribution in [0.15, 0.2) is 11.8 Å². The highest BCUT2D eigenvalue weighted by Crippen LogP contribution is 2.32. The van der Waals surface area contributed by atoms with E-state index >= 15 is 0 Å². The molecule has 1 fully saturated rings. The van der Waals surface area contributed by atoms with Gasteiger partial charge in [-0.2, -0.15) is 13.2 Å². The predicted molar refractivity (Wildman–Crippen MR) is 64.0 cm³/mol. The Kier molecular flexibility index (Phi) is 4.99. The van der Waals surface area contributed by atoms with Crippen LogP contribution in [0, 0.1) is 0 Å². The van der Waals surface area contributed by atoms with Crippen molar-refractivity contribution < 1.29 is 35.9 Å². The van der Waals surface area contributed by atoms with Gasteiger partial charge >= 0.3 is 12.1 Å². The fourth-order valence-electron chi connectivity index (χ4n) is 1.74. The molecule has 0 spiro atoms. The van der Waals surface area contributed by atoms with Gasteiger partial charge in [0.1, 0.15) is 10.9 Å². The topological polar surface area (TPSA) is 107 Å². The molecule has 0 aromatic rings. The first-order chi connectivity index (χ1) is 9.46. The van der Waals surface area contributed by atoms with Gasteiger partial charge in [0.25, 0.3) is 0 Å². The lowest BCUT2D eigenvalue weighted by Gasteiger charge is -2.22. The van der Waals surface area contributed by atoms with E-state index in [0.29, 0.717) is 0 Å². The molecule has 7 nitrogen and oxygen atoms in total. The number of carbonyl (C=O) groups excluding carboxylic acids is 2. The predicted octanol–water partition coefficient (Wildman–Crippen LogP) is -0.115. The number of sulfonamides is 1. The van der Waals surface area contributed by atoms with E-state index in [9.17, 15) is 31.2 Å². The molecule has 0 aromatic carbocycles. The van der Waals surface area contributed by atoms with E-state index in [1.165, 1.54) is 6.92 Å². The summed E-state index contributed by atoms with van der Waals surface area (Å²) in [4.78, 5) is 22.9. The molecule has 2 N–H and O–H groups in total. The number of rotatable bonds is 4. The van der Waals surface area contributed by atoms with E-state index in [1.807, 2.05) is 0 Å². The molecule has 1 aliphatic rings. The lowest BCUT2D eigenvalue weighted by atomic mass is 10.3. The van der Waals surface area contributed by atoms with Crippen molar-refractivity contribution in [3.63, 3.8) is 0 Å². The molecule has 1 unspecified atom stereocenters. The van der Waals surface area contributed by atoms with Gasteiger partial charge in [-0.3, -0.25) is 4.79 Å². The van der Waals surface area contributed by atoms with E-state index in [1.54, 1.807) is 0 Å².